The van der Waals surface area contributed by atoms with Crippen molar-refractivity contribution < 1.29 is 15.1 Å². The number of phenols is 1. The minimum Gasteiger partial charge on any atom is -0.502 e. The number of halogens is 1. The fourth-order valence-corrected chi connectivity index (χ4v) is 3.56. The molecule has 8 heteroatoms. The van der Waals surface area contributed by atoms with Crippen molar-refractivity contribution in [3.63, 3.8) is 0 Å². The van der Waals surface area contributed by atoms with Crippen molar-refractivity contribution in [1.82, 2.24) is 10.2 Å². The Morgan fingerprint density at radius 1 is 1.43 bits per heavy atom. The average Bonchev–Trinajstić information content (AvgIpc) is 2.51. The van der Waals surface area contributed by atoms with Crippen LogP contribution in [0.4, 0.5) is 5.69 Å². The second kappa shape index (κ2) is 7.12. The minimum atomic E-state index is -0.593. The molecule has 1 fully saturated rings. The van der Waals surface area contributed by atoms with Gasteiger partial charge in [-0.25, -0.2) is 0 Å². The lowest BCUT2D eigenvalue weighted by atomic mass is 9.79. The first-order valence-electron chi connectivity index (χ1n) is 7.50. The molecule has 0 bridgehead atoms. The van der Waals surface area contributed by atoms with Gasteiger partial charge in [0.05, 0.1) is 4.92 Å². The summed E-state index contributed by atoms with van der Waals surface area (Å²) in [5.41, 5.74) is -0.431. The topological polar surface area (TPSA) is 98.9 Å². The molecule has 0 radical (unpaired) electrons. The number of nitro benzene ring substituents is 1. The molecule has 1 aromatic rings. The fourth-order valence-electron chi connectivity index (χ4n) is 3.09. The molecule has 0 amide bonds. The van der Waals surface area contributed by atoms with Crippen molar-refractivity contribution in [3.05, 3.63) is 32.3 Å². The average molecular weight is 388 g/mol. The number of phenolic OH excluding ortho intramolecular Hbond substituents is 1. The van der Waals surface area contributed by atoms with Crippen LogP contribution in [-0.4, -0.2) is 52.8 Å². The molecule has 2 rings (SSSR count). The number of nitrogens with one attached hydrogen (secondary N) is 1. The predicted molar refractivity (Wildman–Crippen MR) is 90.5 cm³/mol. The summed E-state index contributed by atoms with van der Waals surface area (Å²) in [6.07, 6.45) is 0. The lowest BCUT2D eigenvalue weighted by molar-refractivity contribution is -0.386. The van der Waals surface area contributed by atoms with Crippen LogP contribution in [0.25, 0.3) is 0 Å². The summed E-state index contributed by atoms with van der Waals surface area (Å²) in [7, 11) is 0. The van der Waals surface area contributed by atoms with E-state index in [1.165, 1.54) is 6.07 Å². The van der Waals surface area contributed by atoms with Gasteiger partial charge in [0.15, 0.2) is 5.75 Å². The number of rotatable bonds is 5. The van der Waals surface area contributed by atoms with E-state index < -0.39 is 10.3 Å². The Hall–Kier alpha value is -1.22. The normalized spacial score (nSPS) is 17.9. The first-order chi connectivity index (χ1) is 10.8. The van der Waals surface area contributed by atoms with Crippen LogP contribution in [0.3, 0.4) is 0 Å². The van der Waals surface area contributed by atoms with Crippen molar-refractivity contribution >= 4 is 21.6 Å². The molecule has 0 aromatic heterocycles. The van der Waals surface area contributed by atoms with Crippen LogP contribution in [0, 0.1) is 15.5 Å². The van der Waals surface area contributed by atoms with Crippen molar-refractivity contribution in [2.24, 2.45) is 5.41 Å². The van der Waals surface area contributed by atoms with Gasteiger partial charge in [0, 0.05) is 60.3 Å². The summed E-state index contributed by atoms with van der Waals surface area (Å²) in [5, 5.41) is 34.7. The van der Waals surface area contributed by atoms with Crippen LogP contribution >= 0.6 is 15.9 Å². The maximum absolute atomic E-state index is 11.2. The van der Waals surface area contributed by atoms with Crippen molar-refractivity contribution in [2.45, 2.75) is 19.9 Å². The molecule has 7 nitrogen and oxygen atoms in total. The smallest absolute Gasteiger partial charge is 0.312 e. The molecule has 1 saturated heterocycles. The Balaban J connectivity index is 2.57. The van der Waals surface area contributed by atoms with E-state index in [4.69, 9.17) is 0 Å². The van der Waals surface area contributed by atoms with E-state index in [1.54, 1.807) is 6.07 Å². The second-order valence-electron chi connectivity index (χ2n) is 6.46. The molecule has 0 spiro atoms. The zero-order valence-corrected chi connectivity index (χ0v) is 14.8. The van der Waals surface area contributed by atoms with E-state index >= 15 is 0 Å². The molecule has 1 aliphatic rings. The molecule has 0 saturated carbocycles. The highest BCUT2D eigenvalue weighted by Gasteiger charge is 2.39. The zero-order valence-electron chi connectivity index (χ0n) is 13.3. The lowest BCUT2D eigenvalue weighted by Crippen LogP contribution is -2.49. The van der Waals surface area contributed by atoms with Gasteiger partial charge >= 0.3 is 5.69 Å². The zero-order chi connectivity index (χ0) is 17.2. The summed E-state index contributed by atoms with van der Waals surface area (Å²) < 4.78 is 0.533. The summed E-state index contributed by atoms with van der Waals surface area (Å²) >= 11 is 3.29. The summed E-state index contributed by atoms with van der Waals surface area (Å²) in [4.78, 5) is 12.8. The molecule has 1 aromatic carbocycles. The van der Waals surface area contributed by atoms with Crippen LogP contribution in [-0.2, 0) is 0 Å². The largest absolute Gasteiger partial charge is 0.502 e. The lowest BCUT2D eigenvalue weighted by Gasteiger charge is -2.43. The number of benzene rings is 1. The first-order valence-corrected chi connectivity index (χ1v) is 8.29. The van der Waals surface area contributed by atoms with Gasteiger partial charge in [-0.3, -0.25) is 15.0 Å². The van der Waals surface area contributed by atoms with Gasteiger partial charge in [0.2, 0.25) is 0 Å². The molecule has 0 unspecified atom stereocenters. The quantitative estimate of drug-likeness (QED) is 0.527. The molecule has 3 N–H and O–H groups in total. The standard InChI is InChI=1S/C15H22BrN3O4/c1-15(2,9-20)14(18-5-3-17-4-6-18)11-7-10(16)8-12(13(11)21)19(22)23/h7-8,14,17,20-21H,3-6,9H2,1-2H3/t14-/m0/s1. The third-order valence-corrected chi connectivity index (χ3v) is 4.70. The number of nitrogens with zero attached hydrogens (tertiary/aromatic N) is 2. The third-order valence-electron chi connectivity index (χ3n) is 4.24. The highest BCUT2D eigenvalue weighted by molar-refractivity contribution is 9.10. The van der Waals surface area contributed by atoms with E-state index in [2.05, 4.69) is 26.1 Å². The van der Waals surface area contributed by atoms with Gasteiger partial charge in [-0.15, -0.1) is 0 Å². The monoisotopic (exact) mass is 387 g/mol. The van der Waals surface area contributed by atoms with Gasteiger partial charge in [-0.05, 0) is 6.07 Å². The van der Waals surface area contributed by atoms with Gasteiger partial charge in [-0.1, -0.05) is 29.8 Å². The van der Waals surface area contributed by atoms with Crippen LogP contribution < -0.4 is 5.32 Å². The summed E-state index contributed by atoms with van der Waals surface area (Å²) in [5.74, 6) is -0.330. The van der Waals surface area contributed by atoms with Crippen LogP contribution in [0.2, 0.25) is 0 Å². The molecule has 1 heterocycles. The first kappa shape index (κ1) is 18.1. The van der Waals surface area contributed by atoms with E-state index in [9.17, 15) is 20.3 Å². The van der Waals surface area contributed by atoms with E-state index in [-0.39, 0.29) is 24.1 Å². The Labute approximate surface area is 143 Å². The Kier molecular flexibility index (Phi) is 5.61. The minimum absolute atomic E-state index is 0.0959. The number of nitro groups is 1. The molecular weight excluding hydrogens is 366 g/mol. The number of aliphatic hydroxyl groups excluding tert-OH is 1. The van der Waals surface area contributed by atoms with E-state index in [0.717, 1.165) is 26.2 Å². The van der Waals surface area contributed by atoms with E-state index in [1.807, 2.05) is 13.8 Å². The Bertz CT molecular complexity index is 588. The maximum atomic E-state index is 11.2. The second-order valence-corrected chi connectivity index (χ2v) is 7.37. The van der Waals surface area contributed by atoms with Gasteiger partial charge < -0.3 is 15.5 Å². The van der Waals surface area contributed by atoms with Gasteiger partial charge in [0.1, 0.15) is 0 Å². The molecule has 23 heavy (non-hydrogen) atoms. The molecular formula is C15H22BrN3O4. The molecule has 1 aliphatic heterocycles. The number of hydrogen-bond acceptors (Lipinski definition) is 6. The van der Waals surface area contributed by atoms with Crippen LogP contribution in [0.5, 0.6) is 5.75 Å². The van der Waals surface area contributed by atoms with Gasteiger partial charge in [0.25, 0.3) is 0 Å². The Morgan fingerprint density at radius 2 is 2.04 bits per heavy atom. The summed E-state index contributed by atoms with van der Waals surface area (Å²) in [6, 6.07) is 2.66. The molecule has 1 atom stereocenters. The summed E-state index contributed by atoms with van der Waals surface area (Å²) in [6.45, 7) is 6.78. The Morgan fingerprint density at radius 3 is 2.57 bits per heavy atom. The van der Waals surface area contributed by atoms with E-state index in [0.29, 0.717) is 10.0 Å². The number of hydrogen-bond donors (Lipinski definition) is 3. The van der Waals surface area contributed by atoms with Crippen LogP contribution in [0.1, 0.15) is 25.5 Å². The number of piperazine rings is 1. The molecule has 128 valence electrons. The van der Waals surface area contributed by atoms with Crippen molar-refractivity contribution in [3.8, 4) is 5.75 Å². The SMILES string of the molecule is CC(C)(CO)[C@H](c1cc(Br)cc([N+](=O)[O-])c1O)N1CCNCC1. The fraction of sp³-hybridized carbons (Fsp3) is 0.600. The highest BCUT2D eigenvalue weighted by atomic mass is 79.9. The van der Waals surface area contributed by atoms with Gasteiger partial charge in [-0.2, -0.15) is 0 Å². The maximum Gasteiger partial charge on any atom is 0.312 e. The number of aliphatic hydroxyl groups is 1. The third kappa shape index (κ3) is 3.82. The molecule has 0 aliphatic carbocycles. The number of aromatic hydroxyl groups is 1. The van der Waals surface area contributed by atoms with Crippen molar-refractivity contribution in [1.29, 1.82) is 0 Å². The highest BCUT2D eigenvalue weighted by Crippen LogP contribution is 2.45. The van der Waals surface area contributed by atoms with Crippen LogP contribution in [0.15, 0.2) is 16.6 Å². The predicted octanol–water partition coefficient (Wildman–Crippen LogP) is 2.03. The van der Waals surface area contributed by atoms with Crippen molar-refractivity contribution in [2.75, 3.05) is 32.8 Å².